The van der Waals surface area contributed by atoms with E-state index in [1.807, 2.05) is 6.92 Å². The second-order valence-electron chi connectivity index (χ2n) is 4.45. The van der Waals surface area contributed by atoms with E-state index in [-0.39, 0.29) is 31.1 Å². The maximum Gasteiger partial charge on any atom is 0.332 e. The number of carbonyl (C=O) groups is 2. The molecule has 3 unspecified atom stereocenters. The largest absolute Gasteiger partial charge is 0.479 e. The van der Waals surface area contributed by atoms with Crippen LogP contribution in [0.4, 0.5) is 4.79 Å². The summed E-state index contributed by atoms with van der Waals surface area (Å²) in [6, 6.07) is -0.259. The predicted octanol–water partition coefficient (Wildman–Crippen LogP) is -0.311. The molecule has 0 aromatic heterocycles. The first-order chi connectivity index (χ1) is 8.49. The van der Waals surface area contributed by atoms with E-state index in [2.05, 4.69) is 10.6 Å². The second kappa shape index (κ2) is 7.17. The summed E-state index contributed by atoms with van der Waals surface area (Å²) in [5, 5.41) is 22.8. The summed E-state index contributed by atoms with van der Waals surface area (Å²) in [5.41, 5.74) is 0. The average Bonchev–Trinajstić information content (AvgIpc) is 2.28. The van der Waals surface area contributed by atoms with Crippen LogP contribution in [0.25, 0.3) is 0 Å². The van der Waals surface area contributed by atoms with Crippen LogP contribution in [-0.2, 0) is 9.53 Å². The molecular formula is C11H20N2O5. The van der Waals surface area contributed by atoms with Crippen LogP contribution in [0.15, 0.2) is 0 Å². The molecule has 104 valence electrons. The van der Waals surface area contributed by atoms with Crippen LogP contribution in [0.2, 0.25) is 0 Å². The van der Waals surface area contributed by atoms with Gasteiger partial charge in [0.2, 0.25) is 0 Å². The third-order valence-corrected chi connectivity index (χ3v) is 2.81. The Bertz CT molecular complexity index is 297. The number of aliphatic hydroxyl groups is 1. The third-order valence-electron chi connectivity index (χ3n) is 2.81. The number of nitrogens with one attached hydrogen (secondary N) is 2. The number of urea groups is 1. The molecule has 1 aliphatic heterocycles. The Morgan fingerprint density at radius 3 is 2.83 bits per heavy atom. The number of carboxylic acids is 1. The summed E-state index contributed by atoms with van der Waals surface area (Å²) in [6.45, 7) is 2.71. The molecule has 7 heteroatoms. The zero-order valence-corrected chi connectivity index (χ0v) is 10.4. The molecule has 4 N–H and O–H groups in total. The van der Waals surface area contributed by atoms with Gasteiger partial charge in [0, 0.05) is 25.6 Å². The Kier molecular flexibility index (Phi) is 5.87. The van der Waals surface area contributed by atoms with Crippen molar-refractivity contribution in [2.24, 2.45) is 0 Å². The fourth-order valence-corrected chi connectivity index (χ4v) is 1.81. The molecule has 1 fully saturated rings. The molecule has 0 aromatic rings. The molecule has 0 saturated carbocycles. The zero-order valence-electron chi connectivity index (χ0n) is 10.4. The molecule has 0 radical (unpaired) electrons. The van der Waals surface area contributed by atoms with Gasteiger partial charge in [0.05, 0.1) is 6.10 Å². The number of rotatable bonds is 5. The molecule has 3 atom stereocenters. The van der Waals surface area contributed by atoms with Crippen molar-refractivity contribution < 1.29 is 24.5 Å². The van der Waals surface area contributed by atoms with Crippen LogP contribution in [-0.4, -0.2) is 53.6 Å². The van der Waals surface area contributed by atoms with Gasteiger partial charge in [0.1, 0.15) is 0 Å². The van der Waals surface area contributed by atoms with Gasteiger partial charge in [-0.25, -0.2) is 9.59 Å². The first-order valence-electron chi connectivity index (χ1n) is 6.06. The Balaban J connectivity index is 2.15. The van der Waals surface area contributed by atoms with E-state index < -0.39 is 12.1 Å². The summed E-state index contributed by atoms with van der Waals surface area (Å²) in [7, 11) is 0. The number of carbonyl (C=O) groups excluding carboxylic acids is 1. The lowest BCUT2D eigenvalue weighted by Crippen LogP contribution is -2.46. The van der Waals surface area contributed by atoms with E-state index in [4.69, 9.17) is 14.9 Å². The fraction of sp³-hybridized carbons (Fsp3) is 0.818. The van der Waals surface area contributed by atoms with Crippen LogP contribution in [0.1, 0.15) is 26.2 Å². The lowest BCUT2D eigenvalue weighted by Gasteiger charge is -2.27. The first kappa shape index (κ1) is 14.7. The molecule has 0 bridgehead atoms. The van der Waals surface area contributed by atoms with Crippen molar-refractivity contribution in [3.05, 3.63) is 0 Å². The molecule has 2 amide bonds. The summed E-state index contributed by atoms with van der Waals surface area (Å²) in [6.07, 6.45) is 0.236. The molecular weight excluding hydrogens is 240 g/mol. The smallest absolute Gasteiger partial charge is 0.332 e. The van der Waals surface area contributed by atoms with Gasteiger partial charge in [-0.15, -0.1) is 0 Å². The number of ether oxygens (including phenoxy) is 1. The van der Waals surface area contributed by atoms with Crippen molar-refractivity contribution in [3.8, 4) is 0 Å². The van der Waals surface area contributed by atoms with Gasteiger partial charge in [0.15, 0.2) is 6.10 Å². The van der Waals surface area contributed by atoms with Gasteiger partial charge in [0.25, 0.3) is 0 Å². The number of carboxylic acid groups (broad SMARTS) is 1. The van der Waals surface area contributed by atoms with Gasteiger partial charge in [-0.3, -0.25) is 0 Å². The molecule has 0 aromatic carbocycles. The van der Waals surface area contributed by atoms with Crippen LogP contribution in [0, 0.1) is 0 Å². The summed E-state index contributed by atoms with van der Waals surface area (Å²) >= 11 is 0. The minimum absolute atomic E-state index is 0.00701. The molecule has 1 rings (SSSR count). The van der Waals surface area contributed by atoms with Crippen LogP contribution >= 0.6 is 0 Å². The fourth-order valence-electron chi connectivity index (χ4n) is 1.81. The van der Waals surface area contributed by atoms with Crippen LogP contribution in [0.5, 0.6) is 0 Å². The highest BCUT2D eigenvalue weighted by molar-refractivity contribution is 5.74. The number of amides is 2. The van der Waals surface area contributed by atoms with Crippen molar-refractivity contribution in [3.63, 3.8) is 0 Å². The lowest BCUT2D eigenvalue weighted by atomic mass is 10.0. The standard InChI is InChI=1S/C11H20N2O5/c1-7-6-8(3-5-18-7)13-11(17)12-4-2-9(14)10(15)16/h7-9,14H,2-6H2,1H3,(H,15,16)(H2,12,13,17). The van der Waals surface area contributed by atoms with Gasteiger partial charge in [-0.2, -0.15) is 0 Å². The number of aliphatic hydroxyl groups excluding tert-OH is 1. The highest BCUT2D eigenvalue weighted by Crippen LogP contribution is 2.12. The van der Waals surface area contributed by atoms with E-state index in [1.54, 1.807) is 0 Å². The van der Waals surface area contributed by atoms with E-state index in [0.717, 1.165) is 12.8 Å². The molecule has 1 heterocycles. The van der Waals surface area contributed by atoms with E-state index in [0.29, 0.717) is 6.61 Å². The number of hydrogen-bond acceptors (Lipinski definition) is 4. The SMILES string of the molecule is CC1CC(NC(=O)NCCC(O)C(=O)O)CCO1. The summed E-state index contributed by atoms with van der Waals surface area (Å²) in [4.78, 5) is 21.8. The van der Waals surface area contributed by atoms with Gasteiger partial charge < -0.3 is 25.6 Å². The Morgan fingerprint density at radius 1 is 1.50 bits per heavy atom. The first-order valence-corrected chi connectivity index (χ1v) is 6.06. The lowest BCUT2D eigenvalue weighted by molar-refractivity contribution is -0.146. The minimum atomic E-state index is -1.44. The monoisotopic (exact) mass is 260 g/mol. The topological polar surface area (TPSA) is 108 Å². The maximum absolute atomic E-state index is 11.5. The van der Waals surface area contributed by atoms with Gasteiger partial charge in [-0.1, -0.05) is 0 Å². The van der Waals surface area contributed by atoms with Crippen molar-refractivity contribution >= 4 is 12.0 Å². The average molecular weight is 260 g/mol. The highest BCUT2D eigenvalue weighted by Gasteiger charge is 2.21. The molecule has 0 aliphatic carbocycles. The van der Waals surface area contributed by atoms with Gasteiger partial charge >= 0.3 is 12.0 Å². The molecule has 1 saturated heterocycles. The van der Waals surface area contributed by atoms with Crippen LogP contribution in [0.3, 0.4) is 0 Å². The van der Waals surface area contributed by atoms with Crippen molar-refractivity contribution in [2.45, 2.75) is 44.4 Å². The van der Waals surface area contributed by atoms with Crippen molar-refractivity contribution in [1.82, 2.24) is 10.6 Å². The number of aliphatic carboxylic acids is 1. The quantitative estimate of drug-likeness (QED) is 0.542. The normalized spacial score (nSPS) is 25.2. The minimum Gasteiger partial charge on any atom is -0.479 e. The number of hydrogen-bond donors (Lipinski definition) is 4. The van der Waals surface area contributed by atoms with Gasteiger partial charge in [-0.05, 0) is 19.8 Å². The summed E-state index contributed by atoms with van der Waals surface area (Å²) < 4.78 is 5.36. The third kappa shape index (κ3) is 5.33. The molecule has 0 spiro atoms. The Hall–Kier alpha value is -1.34. The van der Waals surface area contributed by atoms with Crippen molar-refractivity contribution in [1.29, 1.82) is 0 Å². The van der Waals surface area contributed by atoms with E-state index >= 15 is 0 Å². The highest BCUT2D eigenvalue weighted by atomic mass is 16.5. The van der Waals surface area contributed by atoms with Crippen LogP contribution < -0.4 is 10.6 Å². The summed E-state index contributed by atoms with van der Waals surface area (Å²) in [5.74, 6) is -1.28. The molecule has 18 heavy (non-hydrogen) atoms. The zero-order chi connectivity index (χ0) is 13.5. The van der Waals surface area contributed by atoms with Crippen molar-refractivity contribution in [2.75, 3.05) is 13.2 Å². The maximum atomic E-state index is 11.5. The van der Waals surface area contributed by atoms with E-state index in [9.17, 15) is 9.59 Å². The predicted molar refractivity (Wildman–Crippen MR) is 63.2 cm³/mol. The second-order valence-corrected chi connectivity index (χ2v) is 4.45. The molecule has 7 nitrogen and oxygen atoms in total. The Labute approximate surface area is 106 Å². The Morgan fingerprint density at radius 2 is 2.22 bits per heavy atom. The van der Waals surface area contributed by atoms with E-state index in [1.165, 1.54) is 0 Å². The molecule has 1 aliphatic rings.